The first-order chi connectivity index (χ1) is 5.63. The molecule has 12 heavy (non-hydrogen) atoms. The van der Waals surface area contributed by atoms with E-state index in [1.165, 1.54) is 6.42 Å². The van der Waals surface area contributed by atoms with E-state index >= 15 is 0 Å². The predicted octanol–water partition coefficient (Wildman–Crippen LogP) is 1.38. The third-order valence-electron chi connectivity index (χ3n) is 3.00. The molecule has 2 heteroatoms. The third-order valence-corrected chi connectivity index (χ3v) is 3.00. The zero-order valence-electron chi connectivity index (χ0n) is 8.16. The Bertz CT molecular complexity index is 128. The number of nitrogens with two attached hydrogens (primary N) is 1. The predicted molar refractivity (Wildman–Crippen MR) is 50.7 cm³/mol. The molecule has 0 amide bonds. The van der Waals surface area contributed by atoms with Gasteiger partial charge in [-0.1, -0.05) is 13.8 Å². The van der Waals surface area contributed by atoms with E-state index in [0.717, 1.165) is 24.7 Å². The van der Waals surface area contributed by atoms with Crippen LogP contribution in [0.1, 0.15) is 33.1 Å². The van der Waals surface area contributed by atoms with Crippen LogP contribution in [-0.4, -0.2) is 17.8 Å². The van der Waals surface area contributed by atoms with E-state index in [2.05, 4.69) is 13.8 Å². The van der Waals surface area contributed by atoms with Crippen molar-refractivity contribution in [3.8, 4) is 0 Å². The molecule has 0 aromatic rings. The van der Waals surface area contributed by atoms with Crippen molar-refractivity contribution in [2.24, 2.45) is 23.5 Å². The molecule has 3 atom stereocenters. The highest BCUT2D eigenvalue weighted by atomic mass is 16.3. The second kappa shape index (κ2) is 4.24. The number of rotatable bonds is 2. The lowest BCUT2D eigenvalue weighted by molar-refractivity contribution is 0.0619. The van der Waals surface area contributed by atoms with Crippen molar-refractivity contribution < 1.29 is 5.11 Å². The molecule has 1 aliphatic rings. The minimum absolute atomic E-state index is 0.268. The minimum Gasteiger partial charge on any atom is -0.392 e. The topological polar surface area (TPSA) is 46.2 Å². The van der Waals surface area contributed by atoms with E-state index < -0.39 is 0 Å². The van der Waals surface area contributed by atoms with Crippen LogP contribution in [0.2, 0.25) is 0 Å². The molecule has 2 nitrogen and oxygen atoms in total. The zero-order valence-corrected chi connectivity index (χ0v) is 8.16. The molecule has 0 spiro atoms. The molecule has 1 saturated carbocycles. The summed E-state index contributed by atoms with van der Waals surface area (Å²) in [5.74, 6) is 1.98. The van der Waals surface area contributed by atoms with Crippen LogP contribution in [0, 0.1) is 17.8 Å². The van der Waals surface area contributed by atoms with Gasteiger partial charge in [0.2, 0.25) is 0 Å². The van der Waals surface area contributed by atoms with Gasteiger partial charge in [0.1, 0.15) is 0 Å². The van der Waals surface area contributed by atoms with Crippen molar-refractivity contribution in [3.05, 3.63) is 0 Å². The average molecular weight is 171 g/mol. The van der Waals surface area contributed by atoms with E-state index in [0.29, 0.717) is 12.5 Å². The number of hydrogen-bond donors (Lipinski definition) is 2. The monoisotopic (exact) mass is 171 g/mol. The summed E-state index contributed by atoms with van der Waals surface area (Å²) in [6, 6.07) is 0. The summed E-state index contributed by atoms with van der Waals surface area (Å²) in [5, 5.41) is 9.59. The molecule has 72 valence electrons. The first kappa shape index (κ1) is 10.0. The van der Waals surface area contributed by atoms with Gasteiger partial charge in [0.05, 0.1) is 6.10 Å². The largest absolute Gasteiger partial charge is 0.392 e. The summed E-state index contributed by atoms with van der Waals surface area (Å²) in [5.41, 5.74) is 5.44. The summed E-state index contributed by atoms with van der Waals surface area (Å²) in [7, 11) is 0. The smallest absolute Gasteiger partial charge is 0.0690 e. The summed E-state index contributed by atoms with van der Waals surface area (Å²) < 4.78 is 0. The SMILES string of the molecule is CC1CC(C)CC(C(O)CN)C1. The Balaban J connectivity index is 2.43. The molecule has 3 unspecified atom stereocenters. The summed E-state index contributed by atoms with van der Waals surface area (Å²) in [4.78, 5) is 0. The number of aliphatic hydroxyl groups excluding tert-OH is 1. The average Bonchev–Trinajstić information content (AvgIpc) is 2.01. The quantitative estimate of drug-likeness (QED) is 0.659. The van der Waals surface area contributed by atoms with E-state index in [1.807, 2.05) is 0 Å². The highest BCUT2D eigenvalue weighted by molar-refractivity contribution is 4.79. The molecule has 0 aromatic heterocycles. The van der Waals surface area contributed by atoms with Crippen molar-refractivity contribution in [1.29, 1.82) is 0 Å². The van der Waals surface area contributed by atoms with E-state index in [1.54, 1.807) is 0 Å². The van der Waals surface area contributed by atoms with Crippen LogP contribution in [0.5, 0.6) is 0 Å². The summed E-state index contributed by atoms with van der Waals surface area (Å²) >= 11 is 0. The molecule has 0 aromatic carbocycles. The Morgan fingerprint density at radius 1 is 1.25 bits per heavy atom. The first-order valence-corrected chi connectivity index (χ1v) is 5.01. The second-order valence-electron chi connectivity index (χ2n) is 4.48. The first-order valence-electron chi connectivity index (χ1n) is 5.01. The molecule has 1 fully saturated rings. The van der Waals surface area contributed by atoms with E-state index in [-0.39, 0.29) is 6.10 Å². The van der Waals surface area contributed by atoms with Crippen LogP contribution in [-0.2, 0) is 0 Å². The molecular formula is C10H21NO. The van der Waals surface area contributed by atoms with Crippen LogP contribution in [0.25, 0.3) is 0 Å². The molecule has 1 aliphatic carbocycles. The van der Waals surface area contributed by atoms with Crippen molar-refractivity contribution in [3.63, 3.8) is 0 Å². The lowest BCUT2D eigenvalue weighted by atomic mass is 9.74. The maximum atomic E-state index is 9.59. The van der Waals surface area contributed by atoms with Crippen molar-refractivity contribution in [2.75, 3.05) is 6.54 Å². The number of aliphatic hydroxyl groups is 1. The number of hydrogen-bond acceptors (Lipinski definition) is 2. The second-order valence-corrected chi connectivity index (χ2v) is 4.48. The van der Waals surface area contributed by atoms with Gasteiger partial charge in [-0.3, -0.25) is 0 Å². The fourth-order valence-electron chi connectivity index (χ4n) is 2.52. The zero-order chi connectivity index (χ0) is 9.14. The van der Waals surface area contributed by atoms with Crippen LogP contribution >= 0.6 is 0 Å². The minimum atomic E-state index is -0.268. The standard InChI is InChI=1S/C10H21NO/c1-7-3-8(2)5-9(4-7)10(12)6-11/h7-10,12H,3-6,11H2,1-2H3. The van der Waals surface area contributed by atoms with Crippen molar-refractivity contribution in [1.82, 2.24) is 0 Å². The van der Waals surface area contributed by atoms with Crippen LogP contribution in [0.15, 0.2) is 0 Å². The summed E-state index contributed by atoms with van der Waals surface area (Å²) in [6.45, 7) is 4.96. The van der Waals surface area contributed by atoms with Gasteiger partial charge in [-0.05, 0) is 37.0 Å². The Morgan fingerprint density at radius 2 is 1.75 bits per heavy atom. The maximum absolute atomic E-state index is 9.59. The lowest BCUT2D eigenvalue weighted by Gasteiger charge is -2.33. The highest BCUT2D eigenvalue weighted by Crippen LogP contribution is 2.34. The van der Waals surface area contributed by atoms with Gasteiger partial charge in [0.15, 0.2) is 0 Å². The van der Waals surface area contributed by atoms with Crippen molar-refractivity contribution in [2.45, 2.75) is 39.2 Å². The van der Waals surface area contributed by atoms with Gasteiger partial charge in [0.25, 0.3) is 0 Å². The Labute approximate surface area is 75.2 Å². The molecule has 0 heterocycles. The lowest BCUT2D eigenvalue weighted by Crippen LogP contribution is -2.34. The van der Waals surface area contributed by atoms with Crippen LogP contribution < -0.4 is 5.73 Å². The molecular weight excluding hydrogens is 150 g/mol. The Kier molecular flexibility index (Phi) is 3.53. The normalized spacial score (nSPS) is 39.5. The van der Waals surface area contributed by atoms with Gasteiger partial charge >= 0.3 is 0 Å². The van der Waals surface area contributed by atoms with E-state index in [4.69, 9.17) is 5.73 Å². The van der Waals surface area contributed by atoms with Crippen molar-refractivity contribution >= 4 is 0 Å². The van der Waals surface area contributed by atoms with E-state index in [9.17, 15) is 5.11 Å². The maximum Gasteiger partial charge on any atom is 0.0690 e. The molecule has 0 bridgehead atoms. The molecule has 3 N–H and O–H groups in total. The van der Waals surface area contributed by atoms with Gasteiger partial charge in [-0.25, -0.2) is 0 Å². The van der Waals surface area contributed by atoms with Gasteiger partial charge < -0.3 is 10.8 Å². The highest BCUT2D eigenvalue weighted by Gasteiger charge is 2.27. The fourth-order valence-corrected chi connectivity index (χ4v) is 2.52. The van der Waals surface area contributed by atoms with Crippen LogP contribution in [0.3, 0.4) is 0 Å². The molecule has 1 rings (SSSR count). The fraction of sp³-hybridized carbons (Fsp3) is 1.00. The van der Waals surface area contributed by atoms with Crippen LogP contribution in [0.4, 0.5) is 0 Å². The van der Waals surface area contributed by atoms with Gasteiger partial charge in [0, 0.05) is 6.54 Å². The summed E-state index contributed by atoms with van der Waals surface area (Å²) in [6.07, 6.45) is 3.36. The molecule has 0 radical (unpaired) electrons. The van der Waals surface area contributed by atoms with Gasteiger partial charge in [-0.2, -0.15) is 0 Å². The van der Waals surface area contributed by atoms with Gasteiger partial charge in [-0.15, -0.1) is 0 Å². The molecule has 0 saturated heterocycles. The molecule has 0 aliphatic heterocycles. The third kappa shape index (κ3) is 2.46. The Hall–Kier alpha value is -0.0800. The Morgan fingerprint density at radius 3 is 2.17 bits per heavy atom.